The van der Waals surface area contributed by atoms with E-state index in [9.17, 15) is 4.79 Å². The molecule has 4 nitrogen and oxygen atoms in total. The first-order valence-corrected chi connectivity index (χ1v) is 9.63. The fourth-order valence-electron chi connectivity index (χ4n) is 4.04. The number of amides is 1. The highest BCUT2D eigenvalue weighted by atomic mass is 16.3. The summed E-state index contributed by atoms with van der Waals surface area (Å²) in [7, 11) is 0. The van der Waals surface area contributed by atoms with Crippen LogP contribution < -0.4 is 5.32 Å². The molecule has 2 aliphatic rings. The summed E-state index contributed by atoms with van der Waals surface area (Å²) in [5.41, 5.74) is 3.33. The van der Waals surface area contributed by atoms with Gasteiger partial charge in [0.25, 0.3) is 5.91 Å². The van der Waals surface area contributed by atoms with Crippen LogP contribution >= 0.6 is 0 Å². The van der Waals surface area contributed by atoms with Crippen LogP contribution in [0.4, 0.5) is 0 Å². The van der Waals surface area contributed by atoms with Gasteiger partial charge in [-0.2, -0.15) is 0 Å². The SMILES string of the molecule is CCc1ccc2oc(C(=O)NCC3(CN4CCCC4)CC3)c(C)c2c1. The van der Waals surface area contributed by atoms with Crippen LogP contribution in [0, 0.1) is 12.3 Å². The Labute approximate surface area is 149 Å². The van der Waals surface area contributed by atoms with Crippen molar-refractivity contribution in [2.45, 2.75) is 46.0 Å². The van der Waals surface area contributed by atoms with E-state index in [2.05, 4.69) is 29.3 Å². The van der Waals surface area contributed by atoms with Gasteiger partial charge in [-0.15, -0.1) is 0 Å². The molecule has 0 atom stereocenters. The van der Waals surface area contributed by atoms with Gasteiger partial charge in [-0.1, -0.05) is 13.0 Å². The quantitative estimate of drug-likeness (QED) is 0.867. The van der Waals surface area contributed by atoms with Crippen LogP contribution in [0.2, 0.25) is 0 Å². The first kappa shape index (κ1) is 16.6. The molecule has 1 aliphatic heterocycles. The molecule has 1 N–H and O–H groups in total. The molecular formula is C21H28N2O2. The average Bonchev–Trinajstić information content (AvgIpc) is 3.04. The lowest BCUT2D eigenvalue weighted by atomic mass is 10.1. The second-order valence-corrected chi connectivity index (χ2v) is 7.91. The second-order valence-electron chi connectivity index (χ2n) is 7.91. The van der Waals surface area contributed by atoms with Gasteiger partial charge in [0, 0.05) is 29.5 Å². The molecule has 0 unspecified atom stereocenters. The summed E-state index contributed by atoms with van der Waals surface area (Å²) < 4.78 is 5.86. The smallest absolute Gasteiger partial charge is 0.287 e. The van der Waals surface area contributed by atoms with Crippen molar-refractivity contribution in [3.8, 4) is 0 Å². The van der Waals surface area contributed by atoms with Crippen molar-refractivity contribution in [3.63, 3.8) is 0 Å². The number of hydrogen-bond donors (Lipinski definition) is 1. The van der Waals surface area contributed by atoms with Gasteiger partial charge < -0.3 is 14.6 Å². The van der Waals surface area contributed by atoms with Crippen molar-refractivity contribution in [2.75, 3.05) is 26.2 Å². The van der Waals surface area contributed by atoms with Gasteiger partial charge in [-0.05, 0) is 69.8 Å². The number of carbonyl (C=O) groups excluding carboxylic acids is 1. The highest BCUT2D eigenvalue weighted by molar-refractivity contribution is 5.99. The minimum Gasteiger partial charge on any atom is -0.451 e. The van der Waals surface area contributed by atoms with Crippen LogP contribution in [0.3, 0.4) is 0 Å². The zero-order valence-electron chi connectivity index (χ0n) is 15.4. The normalized spacial score (nSPS) is 19.4. The van der Waals surface area contributed by atoms with Crippen LogP contribution in [0.15, 0.2) is 22.6 Å². The Kier molecular flexibility index (Phi) is 4.32. The van der Waals surface area contributed by atoms with Crippen molar-refractivity contribution in [2.24, 2.45) is 5.41 Å². The van der Waals surface area contributed by atoms with Gasteiger partial charge in [0.15, 0.2) is 5.76 Å². The molecule has 0 spiro atoms. The molecule has 0 bridgehead atoms. The number of carbonyl (C=O) groups is 1. The standard InChI is InChI=1S/C21H28N2O2/c1-3-16-6-7-18-17(12-16)15(2)19(25-18)20(24)22-13-21(8-9-21)14-23-10-4-5-11-23/h6-7,12H,3-5,8-11,13-14H2,1-2H3,(H,22,24). The molecule has 2 heterocycles. The summed E-state index contributed by atoms with van der Waals surface area (Å²) in [5, 5.41) is 4.20. The zero-order chi connectivity index (χ0) is 17.4. The number of furan rings is 1. The lowest BCUT2D eigenvalue weighted by molar-refractivity contribution is 0.0913. The predicted molar refractivity (Wildman–Crippen MR) is 100 cm³/mol. The molecule has 1 amide bonds. The Hall–Kier alpha value is -1.81. The van der Waals surface area contributed by atoms with E-state index in [1.54, 1.807) is 0 Å². The van der Waals surface area contributed by atoms with Gasteiger partial charge in [-0.3, -0.25) is 4.79 Å². The number of likely N-dealkylation sites (tertiary alicyclic amines) is 1. The Morgan fingerprint density at radius 1 is 1.28 bits per heavy atom. The molecule has 1 aromatic carbocycles. The number of fused-ring (bicyclic) bond motifs is 1. The Balaban J connectivity index is 1.44. The van der Waals surface area contributed by atoms with Crippen LogP contribution in [-0.2, 0) is 6.42 Å². The molecule has 4 rings (SSSR count). The molecule has 25 heavy (non-hydrogen) atoms. The summed E-state index contributed by atoms with van der Waals surface area (Å²) in [6.07, 6.45) is 6.08. The molecular weight excluding hydrogens is 312 g/mol. The molecule has 1 aromatic heterocycles. The number of nitrogens with one attached hydrogen (secondary N) is 1. The maximum absolute atomic E-state index is 12.7. The Morgan fingerprint density at radius 3 is 2.72 bits per heavy atom. The summed E-state index contributed by atoms with van der Waals surface area (Å²) in [6.45, 7) is 8.46. The number of hydrogen-bond acceptors (Lipinski definition) is 3. The molecule has 2 fully saturated rings. The van der Waals surface area contributed by atoms with E-state index in [1.807, 2.05) is 13.0 Å². The van der Waals surface area contributed by atoms with E-state index in [0.717, 1.165) is 36.0 Å². The van der Waals surface area contributed by atoms with Gasteiger partial charge in [0.2, 0.25) is 0 Å². The van der Waals surface area contributed by atoms with E-state index in [1.165, 1.54) is 44.3 Å². The molecule has 2 aromatic rings. The van der Waals surface area contributed by atoms with E-state index < -0.39 is 0 Å². The van der Waals surface area contributed by atoms with Crippen molar-refractivity contribution in [1.82, 2.24) is 10.2 Å². The van der Waals surface area contributed by atoms with Crippen molar-refractivity contribution < 1.29 is 9.21 Å². The van der Waals surface area contributed by atoms with Crippen LogP contribution in [0.1, 0.15) is 54.3 Å². The lowest BCUT2D eigenvalue weighted by Crippen LogP contribution is -2.37. The van der Waals surface area contributed by atoms with E-state index >= 15 is 0 Å². The fraction of sp³-hybridized carbons (Fsp3) is 0.571. The van der Waals surface area contributed by atoms with Crippen LogP contribution in [-0.4, -0.2) is 37.0 Å². The molecule has 1 saturated carbocycles. The third-order valence-corrected chi connectivity index (χ3v) is 5.95. The first-order valence-electron chi connectivity index (χ1n) is 9.63. The number of aryl methyl sites for hydroxylation is 2. The average molecular weight is 340 g/mol. The van der Waals surface area contributed by atoms with Gasteiger partial charge in [0.1, 0.15) is 5.58 Å². The van der Waals surface area contributed by atoms with Crippen molar-refractivity contribution in [3.05, 3.63) is 35.1 Å². The first-order chi connectivity index (χ1) is 12.1. The number of nitrogens with zero attached hydrogens (tertiary/aromatic N) is 1. The highest BCUT2D eigenvalue weighted by Crippen LogP contribution is 2.46. The topological polar surface area (TPSA) is 45.5 Å². The fourth-order valence-corrected chi connectivity index (χ4v) is 4.04. The molecule has 134 valence electrons. The monoisotopic (exact) mass is 340 g/mol. The van der Waals surface area contributed by atoms with Crippen molar-refractivity contribution >= 4 is 16.9 Å². The predicted octanol–water partition coefficient (Wildman–Crippen LogP) is 3.91. The van der Waals surface area contributed by atoms with Crippen molar-refractivity contribution in [1.29, 1.82) is 0 Å². The largest absolute Gasteiger partial charge is 0.451 e. The molecule has 1 aliphatic carbocycles. The van der Waals surface area contributed by atoms with E-state index in [4.69, 9.17) is 4.42 Å². The third kappa shape index (κ3) is 3.32. The Bertz CT molecular complexity index is 783. The van der Waals surface area contributed by atoms with Gasteiger partial charge >= 0.3 is 0 Å². The summed E-state index contributed by atoms with van der Waals surface area (Å²) >= 11 is 0. The summed E-state index contributed by atoms with van der Waals surface area (Å²) in [6, 6.07) is 6.19. The minimum absolute atomic E-state index is 0.0700. The molecule has 0 radical (unpaired) electrons. The van der Waals surface area contributed by atoms with Gasteiger partial charge in [0.05, 0.1) is 0 Å². The molecule has 4 heteroatoms. The summed E-state index contributed by atoms with van der Waals surface area (Å²) in [5.74, 6) is 0.402. The van der Waals surface area contributed by atoms with E-state index in [-0.39, 0.29) is 5.91 Å². The minimum atomic E-state index is -0.0700. The van der Waals surface area contributed by atoms with Gasteiger partial charge in [-0.25, -0.2) is 0 Å². The molecule has 1 saturated heterocycles. The number of rotatable bonds is 6. The van der Waals surface area contributed by atoms with Crippen LogP contribution in [0.5, 0.6) is 0 Å². The zero-order valence-corrected chi connectivity index (χ0v) is 15.4. The highest BCUT2D eigenvalue weighted by Gasteiger charge is 2.44. The second kappa shape index (κ2) is 6.49. The van der Waals surface area contributed by atoms with Crippen LogP contribution in [0.25, 0.3) is 11.0 Å². The maximum atomic E-state index is 12.7. The third-order valence-electron chi connectivity index (χ3n) is 5.95. The number of benzene rings is 1. The van der Waals surface area contributed by atoms with E-state index in [0.29, 0.717) is 11.2 Å². The maximum Gasteiger partial charge on any atom is 0.287 e. The summed E-state index contributed by atoms with van der Waals surface area (Å²) in [4.78, 5) is 15.2. The lowest BCUT2D eigenvalue weighted by Gasteiger charge is -2.23. The Morgan fingerprint density at radius 2 is 2.04 bits per heavy atom.